The Morgan fingerprint density at radius 1 is 0.863 bits per heavy atom. The van der Waals surface area contributed by atoms with E-state index in [1.807, 2.05) is 96.3 Å². The van der Waals surface area contributed by atoms with Gasteiger partial charge >= 0.3 is 24.3 Å². The number of amides is 5. The van der Waals surface area contributed by atoms with Gasteiger partial charge in [0.2, 0.25) is 11.8 Å². The minimum Gasteiger partial charge on any atom is -0.475 e. The van der Waals surface area contributed by atoms with Crippen LogP contribution in [0.25, 0.3) is 0 Å². The molecule has 3 aromatic rings. The number of ether oxygens (including phenoxy) is 1. The number of carbonyl (C=O) groups is 5. The van der Waals surface area contributed by atoms with Crippen LogP contribution in [-0.4, -0.2) is 77.9 Å². The monoisotopic (exact) mass is 715 g/mol. The van der Waals surface area contributed by atoms with Gasteiger partial charge in [0.25, 0.3) is 0 Å². The van der Waals surface area contributed by atoms with Gasteiger partial charge in [-0.05, 0) is 42.4 Å². The normalized spacial score (nSPS) is 11.9. The number of primary amides is 1. The number of urea groups is 1. The first-order valence-corrected chi connectivity index (χ1v) is 15.5. The molecular weight excluding hydrogens is 675 g/mol. The number of carbonyl (C=O) groups excluding carboxylic acids is 4. The number of carboxylic acids is 1. The number of alkyl carbamates (subject to hydrolysis) is 1. The third-order valence-corrected chi connectivity index (χ3v) is 7.15. The predicted molar refractivity (Wildman–Crippen MR) is 180 cm³/mol. The van der Waals surface area contributed by atoms with E-state index < -0.39 is 54.7 Å². The quantitative estimate of drug-likeness (QED) is 0.0737. The van der Waals surface area contributed by atoms with Crippen LogP contribution in [-0.2, 0) is 25.5 Å². The van der Waals surface area contributed by atoms with Crippen LogP contribution in [0.3, 0.4) is 0 Å². The van der Waals surface area contributed by atoms with Gasteiger partial charge in [-0.25, -0.2) is 19.7 Å². The molecule has 0 heterocycles. The van der Waals surface area contributed by atoms with Gasteiger partial charge in [-0.1, -0.05) is 91.0 Å². The summed E-state index contributed by atoms with van der Waals surface area (Å²) in [4.78, 5) is 62.1. The van der Waals surface area contributed by atoms with Crippen molar-refractivity contribution in [1.29, 1.82) is 5.41 Å². The summed E-state index contributed by atoms with van der Waals surface area (Å²) in [7, 11) is 0. The zero-order valence-corrected chi connectivity index (χ0v) is 27.6. The first kappa shape index (κ1) is 41.0. The van der Waals surface area contributed by atoms with E-state index in [9.17, 15) is 32.3 Å². The molecule has 3 aromatic carbocycles. The molecule has 0 saturated carbocycles. The van der Waals surface area contributed by atoms with Crippen molar-refractivity contribution in [3.8, 4) is 0 Å². The standard InChI is InChI=1S/C32H39N7O5.C2HF3O2/c1-2-44-32(43)38-31(42)37-21-39(29(41)27(24-14-8-4-9-15-24)25-16-10-5-11-17-25)26(28(33)40)19-23(20-36-30(34)35)18-22-12-6-3-7-13-22;3-2(4,5)1(6)7/h3-17,23,26-27H,2,18-21H2,1H3,(H2,33,40)(H4,34,35,36)(H2,37,38,42,43);(H,6,7)/t23?,26-;/m1./s1. The molecule has 0 spiro atoms. The lowest BCUT2D eigenvalue weighted by molar-refractivity contribution is -0.192. The summed E-state index contributed by atoms with van der Waals surface area (Å²) in [5.74, 6) is -5.40. The number of aliphatic carboxylic acids is 1. The second-order valence-electron chi connectivity index (χ2n) is 10.9. The molecule has 14 nitrogen and oxygen atoms in total. The van der Waals surface area contributed by atoms with Gasteiger partial charge in [-0.3, -0.25) is 15.0 Å². The van der Waals surface area contributed by atoms with Crippen LogP contribution in [0, 0.1) is 11.3 Å². The molecule has 5 amide bonds. The Morgan fingerprint density at radius 3 is 1.78 bits per heavy atom. The van der Waals surface area contributed by atoms with Crippen molar-refractivity contribution in [1.82, 2.24) is 20.9 Å². The van der Waals surface area contributed by atoms with E-state index in [2.05, 4.69) is 10.6 Å². The van der Waals surface area contributed by atoms with Crippen molar-refractivity contribution >= 4 is 35.9 Å². The summed E-state index contributed by atoms with van der Waals surface area (Å²) in [6.45, 7) is 1.44. The molecule has 9 N–H and O–H groups in total. The zero-order valence-electron chi connectivity index (χ0n) is 27.6. The van der Waals surface area contributed by atoms with Crippen molar-refractivity contribution in [2.24, 2.45) is 17.4 Å². The fourth-order valence-corrected chi connectivity index (χ4v) is 4.89. The van der Waals surface area contributed by atoms with E-state index in [4.69, 9.17) is 31.5 Å². The van der Waals surface area contributed by atoms with Crippen LogP contribution < -0.4 is 27.4 Å². The number of guanidine groups is 1. The topological polar surface area (TPSA) is 230 Å². The van der Waals surface area contributed by atoms with Crippen molar-refractivity contribution < 1.29 is 47.0 Å². The second kappa shape index (κ2) is 20.4. The molecule has 2 atom stereocenters. The number of imide groups is 1. The van der Waals surface area contributed by atoms with Gasteiger partial charge in [0.05, 0.1) is 19.2 Å². The molecule has 0 aromatic heterocycles. The maximum absolute atomic E-state index is 14.5. The van der Waals surface area contributed by atoms with E-state index in [1.165, 1.54) is 4.90 Å². The number of rotatable bonds is 14. The third-order valence-electron chi connectivity index (χ3n) is 7.15. The first-order valence-electron chi connectivity index (χ1n) is 15.5. The van der Waals surface area contributed by atoms with Crippen molar-refractivity contribution in [3.05, 3.63) is 108 Å². The van der Waals surface area contributed by atoms with Crippen molar-refractivity contribution in [2.45, 2.75) is 37.9 Å². The molecular formula is C34H40F3N7O7. The molecule has 3 rings (SSSR count). The number of nitrogens with two attached hydrogens (primary N) is 2. The van der Waals surface area contributed by atoms with Gasteiger partial charge in [0, 0.05) is 6.54 Å². The summed E-state index contributed by atoms with van der Waals surface area (Å²) in [6, 6.07) is 25.6. The SMILES string of the molecule is CCOC(=O)NC(=O)NCN(C(=O)C(c1ccccc1)c1ccccc1)[C@H](CC(CNC(=N)N)Cc1ccccc1)C(N)=O.O=C(O)C(F)(F)F. The Morgan fingerprint density at radius 2 is 1.35 bits per heavy atom. The molecule has 1 unspecified atom stereocenters. The van der Waals surface area contributed by atoms with Crippen LogP contribution in [0.15, 0.2) is 91.0 Å². The lowest BCUT2D eigenvalue weighted by Crippen LogP contribution is -2.56. The van der Waals surface area contributed by atoms with Crippen LogP contribution in [0.2, 0.25) is 0 Å². The summed E-state index contributed by atoms with van der Waals surface area (Å²) in [5, 5.41) is 22.1. The summed E-state index contributed by atoms with van der Waals surface area (Å²) in [5.41, 5.74) is 13.8. The predicted octanol–water partition coefficient (Wildman–Crippen LogP) is 3.28. The van der Waals surface area contributed by atoms with Gasteiger partial charge in [0.1, 0.15) is 6.04 Å². The average Bonchev–Trinajstić information content (AvgIpc) is 3.08. The molecule has 0 fully saturated rings. The highest BCUT2D eigenvalue weighted by Gasteiger charge is 2.38. The highest BCUT2D eigenvalue weighted by Crippen LogP contribution is 2.29. The number of hydrogen-bond acceptors (Lipinski definition) is 7. The number of alkyl halides is 3. The molecule has 274 valence electrons. The number of nitrogens with zero attached hydrogens (tertiary/aromatic N) is 1. The number of carboxylic acid groups (broad SMARTS) is 1. The molecule has 0 bridgehead atoms. The maximum Gasteiger partial charge on any atom is 0.490 e. The molecule has 0 saturated heterocycles. The molecule has 0 radical (unpaired) electrons. The Bertz CT molecular complexity index is 1560. The van der Waals surface area contributed by atoms with Gasteiger partial charge < -0.3 is 36.8 Å². The number of hydrogen-bond donors (Lipinski definition) is 7. The summed E-state index contributed by atoms with van der Waals surface area (Å²) in [6.07, 6.45) is -5.46. The molecule has 17 heteroatoms. The van der Waals surface area contributed by atoms with Crippen molar-refractivity contribution in [3.63, 3.8) is 0 Å². The van der Waals surface area contributed by atoms with Crippen LogP contribution in [0.4, 0.5) is 22.8 Å². The van der Waals surface area contributed by atoms with Crippen molar-refractivity contribution in [2.75, 3.05) is 19.8 Å². The van der Waals surface area contributed by atoms with Gasteiger partial charge in [-0.2, -0.15) is 13.2 Å². The van der Waals surface area contributed by atoms with Crippen LogP contribution >= 0.6 is 0 Å². The fraction of sp³-hybridized carbons (Fsp3) is 0.294. The Kier molecular flexibility index (Phi) is 16.4. The van der Waals surface area contributed by atoms with E-state index in [1.54, 1.807) is 6.92 Å². The summed E-state index contributed by atoms with van der Waals surface area (Å²) >= 11 is 0. The van der Waals surface area contributed by atoms with E-state index in [-0.39, 0.29) is 31.4 Å². The molecule has 0 aliphatic rings. The largest absolute Gasteiger partial charge is 0.490 e. The van der Waals surface area contributed by atoms with Gasteiger partial charge in [0.15, 0.2) is 5.96 Å². The van der Waals surface area contributed by atoms with E-state index >= 15 is 0 Å². The van der Waals surface area contributed by atoms with Gasteiger partial charge in [-0.15, -0.1) is 0 Å². The minimum atomic E-state index is -5.08. The maximum atomic E-state index is 14.5. The molecule has 0 aliphatic carbocycles. The number of halogens is 3. The average molecular weight is 716 g/mol. The number of benzene rings is 3. The number of nitrogens with one attached hydrogen (secondary N) is 4. The van der Waals surface area contributed by atoms with E-state index in [0.29, 0.717) is 17.5 Å². The highest BCUT2D eigenvalue weighted by molar-refractivity contribution is 5.93. The van der Waals surface area contributed by atoms with Crippen LogP contribution in [0.1, 0.15) is 36.0 Å². The third kappa shape index (κ3) is 14.5. The van der Waals surface area contributed by atoms with Crippen LogP contribution in [0.5, 0.6) is 0 Å². The second-order valence-corrected chi connectivity index (χ2v) is 10.9. The first-order chi connectivity index (χ1) is 24.1. The molecule has 0 aliphatic heterocycles. The lowest BCUT2D eigenvalue weighted by atomic mass is 9.88. The van der Waals surface area contributed by atoms with E-state index in [0.717, 1.165) is 5.56 Å². The summed E-state index contributed by atoms with van der Waals surface area (Å²) < 4.78 is 36.5. The highest BCUT2D eigenvalue weighted by atomic mass is 19.4. The Labute approximate surface area is 291 Å². The lowest BCUT2D eigenvalue weighted by Gasteiger charge is -2.35. The smallest absolute Gasteiger partial charge is 0.475 e. The zero-order chi connectivity index (χ0) is 38.0. The Hall–Kier alpha value is -6.13. The minimum absolute atomic E-state index is 0.0560. The fourth-order valence-electron chi connectivity index (χ4n) is 4.89. The Balaban J connectivity index is 0.00000116. The molecule has 51 heavy (non-hydrogen) atoms.